The minimum atomic E-state index is 0.850. The van der Waals surface area contributed by atoms with Gasteiger partial charge in [0.15, 0.2) is 0 Å². The molecule has 15 heavy (non-hydrogen) atoms. The first-order valence-corrected chi connectivity index (χ1v) is 7.04. The van der Waals surface area contributed by atoms with E-state index >= 15 is 0 Å². The van der Waals surface area contributed by atoms with Crippen LogP contribution >= 0.6 is 0 Å². The van der Waals surface area contributed by atoms with Gasteiger partial charge in [0.1, 0.15) is 0 Å². The monoisotopic (exact) mass is 211 g/mol. The fourth-order valence-electron chi connectivity index (χ4n) is 2.16. The van der Waals surface area contributed by atoms with Gasteiger partial charge in [-0.1, -0.05) is 66.2 Å². The van der Waals surface area contributed by atoms with Gasteiger partial charge < -0.3 is 0 Å². The van der Waals surface area contributed by atoms with Gasteiger partial charge in [-0.25, -0.2) is 0 Å². The highest BCUT2D eigenvalue weighted by Crippen LogP contribution is 2.26. The lowest BCUT2D eigenvalue weighted by Gasteiger charge is -2.18. The molecule has 0 aliphatic carbocycles. The molecule has 0 spiro atoms. The number of hydrogen-bond acceptors (Lipinski definition) is 0. The van der Waals surface area contributed by atoms with Crippen LogP contribution in [0.2, 0.25) is 0 Å². The van der Waals surface area contributed by atoms with Crippen LogP contribution in [0, 0.1) is 11.8 Å². The maximum Gasteiger partial charge on any atom is -0.0238 e. The molecule has 0 heterocycles. The third-order valence-electron chi connectivity index (χ3n) is 2.96. The first-order chi connectivity index (χ1) is 7.20. The molecule has 0 aromatic rings. The van der Waals surface area contributed by atoms with Crippen LogP contribution in [0.15, 0.2) is 0 Å². The van der Waals surface area contributed by atoms with Crippen molar-refractivity contribution in [3.05, 3.63) is 5.92 Å². The van der Waals surface area contributed by atoms with Crippen molar-refractivity contribution in [1.29, 1.82) is 0 Å². The van der Waals surface area contributed by atoms with Crippen LogP contribution in [0.1, 0.15) is 85.5 Å². The van der Waals surface area contributed by atoms with Crippen LogP contribution < -0.4 is 0 Å². The summed E-state index contributed by atoms with van der Waals surface area (Å²) in [7, 11) is 0. The van der Waals surface area contributed by atoms with E-state index in [2.05, 4.69) is 27.7 Å². The first-order valence-electron chi connectivity index (χ1n) is 7.04. The highest BCUT2D eigenvalue weighted by molar-refractivity contribution is 4.90. The minimum Gasteiger partial charge on any atom is -0.0654 e. The van der Waals surface area contributed by atoms with Gasteiger partial charge >= 0.3 is 0 Å². The smallest absolute Gasteiger partial charge is 0.0238 e. The summed E-state index contributed by atoms with van der Waals surface area (Å²) in [6, 6.07) is 0. The maximum atomic E-state index is 2.35. The van der Waals surface area contributed by atoms with Gasteiger partial charge in [0.05, 0.1) is 0 Å². The Morgan fingerprint density at radius 1 is 0.800 bits per heavy atom. The molecule has 0 nitrogen and oxygen atoms in total. The molecular formula is C15H31. The van der Waals surface area contributed by atoms with Gasteiger partial charge in [-0.2, -0.15) is 0 Å². The van der Waals surface area contributed by atoms with E-state index in [0.717, 1.165) is 5.92 Å². The normalized spacial score (nSPS) is 11.6. The summed E-state index contributed by atoms with van der Waals surface area (Å²) in [5.74, 6) is 2.69. The lowest BCUT2D eigenvalue weighted by atomic mass is 9.88. The molecule has 0 aromatic heterocycles. The van der Waals surface area contributed by atoms with E-state index in [1.807, 2.05) is 5.92 Å². The molecule has 0 saturated carbocycles. The predicted octanol–water partition coefficient (Wildman–Crippen LogP) is 5.77. The van der Waals surface area contributed by atoms with E-state index in [1.165, 1.54) is 57.8 Å². The summed E-state index contributed by atoms with van der Waals surface area (Å²) in [6.07, 6.45) is 12.5. The zero-order valence-electron chi connectivity index (χ0n) is 11.4. The van der Waals surface area contributed by atoms with Gasteiger partial charge in [-0.15, -0.1) is 0 Å². The van der Waals surface area contributed by atoms with E-state index in [9.17, 15) is 0 Å². The Kier molecular flexibility index (Phi) is 10.5. The Labute approximate surface area is 97.8 Å². The fraction of sp³-hybridized carbons (Fsp3) is 0.933. The van der Waals surface area contributed by atoms with E-state index in [1.54, 1.807) is 0 Å². The summed E-state index contributed by atoms with van der Waals surface area (Å²) < 4.78 is 0. The SMILES string of the molecule is CCCCC[C](CCCCC)CC(C)C. The molecule has 0 rings (SSSR count). The highest BCUT2D eigenvalue weighted by Gasteiger charge is 2.10. The fourth-order valence-corrected chi connectivity index (χ4v) is 2.16. The average Bonchev–Trinajstić information content (AvgIpc) is 2.17. The van der Waals surface area contributed by atoms with E-state index < -0.39 is 0 Å². The van der Waals surface area contributed by atoms with Gasteiger partial charge in [0.25, 0.3) is 0 Å². The van der Waals surface area contributed by atoms with Gasteiger partial charge in [-0.05, 0) is 31.1 Å². The van der Waals surface area contributed by atoms with Crippen molar-refractivity contribution in [2.24, 2.45) is 5.92 Å². The number of hydrogen-bond donors (Lipinski definition) is 0. The van der Waals surface area contributed by atoms with Crippen LogP contribution in [0.25, 0.3) is 0 Å². The first kappa shape index (κ1) is 15.0. The van der Waals surface area contributed by atoms with Gasteiger partial charge in [-0.3, -0.25) is 0 Å². The molecule has 91 valence electrons. The number of rotatable bonds is 10. The van der Waals surface area contributed by atoms with Crippen LogP contribution in [-0.2, 0) is 0 Å². The second-order valence-corrected chi connectivity index (χ2v) is 5.26. The maximum absolute atomic E-state index is 2.35. The summed E-state index contributed by atoms with van der Waals surface area (Å²) in [4.78, 5) is 0. The summed E-state index contributed by atoms with van der Waals surface area (Å²) in [5, 5.41) is 0. The quantitative estimate of drug-likeness (QED) is 0.402. The van der Waals surface area contributed by atoms with Gasteiger partial charge in [0.2, 0.25) is 0 Å². The molecule has 0 aliphatic heterocycles. The summed E-state index contributed by atoms with van der Waals surface area (Å²) in [6.45, 7) is 9.28. The molecule has 1 radical (unpaired) electrons. The third kappa shape index (κ3) is 10.3. The zero-order valence-corrected chi connectivity index (χ0v) is 11.4. The van der Waals surface area contributed by atoms with Crippen LogP contribution in [-0.4, -0.2) is 0 Å². The van der Waals surface area contributed by atoms with Crippen molar-refractivity contribution >= 4 is 0 Å². The molecule has 0 amide bonds. The van der Waals surface area contributed by atoms with E-state index in [0.29, 0.717) is 0 Å². The molecule has 0 heteroatoms. The van der Waals surface area contributed by atoms with Crippen LogP contribution in [0.4, 0.5) is 0 Å². The minimum absolute atomic E-state index is 0.850. The topological polar surface area (TPSA) is 0 Å². The van der Waals surface area contributed by atoms with Crippen molar-refractivity contribution < 1.29 is 0 Å². The zero-order chi connectivity index (χ0) is 11.5. The standard InChI is InChI=1S/C15H31/c1-5-7-9-11-15(13-14(3)4)12-10-8-6-2/h14H,5-13H2,1-4H3. The largest absolute Gasteiger partial charge is 0.0654 e. The lowest BCUT2D eigenvalue weighted by Crippen LogP contribution is -2.02. The molecule has 0 bridgehead atoms. The Bertz CT molecular complexity index is 105. The van der Waals surface area contributed by atoms with Gasteiger partial charge in [0, 0.05) is 0 Å². The molecular weight excluding hydrogens is 180 g/mol. The lowest BCUT2D eigenvalue weighted by molar-refractivity contribution is 0.503. The van der Waals surface area contributed by atoms with E-state index in [4.69, 9.17) is 0 Å². The van der Waals surface area contributed by atoms with Crippen molar-refractivity contribution in [3.8, 4) is 0 Å². The van der Waals surface area contributed by atoms with Crippen molar-refractivity contribution in [2.75, 3.05) is 0 Å². The molecule has 0 aromatic carbocycles. The molecule has 0 aliphatic rings. The summed E-state index contributed by atoms with van der Waals surface area (Å²) in [5.41, 5.74) is 0. The van der Waals surface area contributed by atoms with Crippen molar-refractivity contribution in [1.82, 2.24) is 0 Å². The molecule has 0 unspecified atom stereocenters. The Balaban J connectivity index is 3.63. The second kappa shape index (κ2) is 10.5. The third-order valence-corrected chi connectivity index (χ3v) is 2.96. The molecule has 0 N–H and O–H groups in total. The predicted molar refractivity (Wildman–Crippen MR) is 71.0 cm³/mol. The van der Waals surface area contributed by atoms with Crippen molar-refractivity contribution in [2.45, 2.75) is 85.5 Å². The Morgan fingerprint density at radius 2 is 1.27 bits per heavy atom. The Hall–Kier alpha value is 0. The van der Waals surface area contributed by atoms with E-state index in [-0.39, 0.29) is 0 Å². The van der Waals surface area contributed by atoms with Crippen molar-refractivity contribution in [3.63, 3.8) is 0 Å². The molecule has 0 saturated heterocycles. The Morgan fingerprint density at radius 3 is 1.60 bits per heavy atom. The highest BCUT2D eigenvalue weighted by atomic mass is 14.2. The molecule has 0 atom stereocenters. The molecule has 0 fully saturated rings. The summed E-state index contributed by atoms with van der Waals surface area (Å²) >= 11 is 0. The average molecular weight is 211 g/mol. The number of unbranched alkanes of at least 4 members (excludes halogenated alkanes) is 4. The second-order valence-electron chi connectivity index (χ2n) is 5.26. The van der Waals surface area contributed by atoms with Crippen LogP contribution in [0.5, 0.6) is 0 Å². The van der Waals surface area contributed by atoms with Crippen LogP contribution in [0.3, 0.4) is 0 Å².